The summed E-state index contributed by atoms with van der Waals surface area (Å²) in [6.45, 7) is 0.248. The number of carbonyl (C=O) groups is 2. The van der Waals surface area contributed by atoms with Crippen LogP contribution in [0.25, 0.3) is 0 Å². The average Bonchev–Trinajstić information content (AvgIpc) is 2.63. The van der Waals surface area contributed by atoms with Crippen molar-refractivity contribution in [1.29, 1.82) is 0 Å². The van der Waals surface area contributed by atoms with Crippen molar-refractivity contribution in [3.05, 3.63) is 75.6 Å². The summed E-state index contributed by atoms with van der Waals surface area (Å²) < 4.78 is 13.6. The van der Waals surface area contributed by atoms with Crippen LogP contribution in [-0.4, -0.2) is 35.2 Å². The van der Waals surface area contributed by atoms with Crippen molar-refractivity contribution in [1.82, 2.24) is 10.2 Å². The van der Waals surface area contributed by atoms with E-state index >= 15 is 0 Å². The van der Waals surface area contributed by atoms with Gasteiger partial charge in [-0.1, -0.05) is 18.2 Å². The van der Waals surface area contributed by atoms with E-state index < -0.39 is 10.8 Å². The Balaban J connectivity index is 1.81. The highest BCUT2D eigenvalue weighted by molar-refractivity contribution is 5.94. The molecule has 0 atom stereocenters. The molecule has 7 nitrogen and oxygen atoms in total. The molecule has 0 radical (unpaired) electrons. The first-order valence-corrected chi connectivity index (χ1v) is 7.88. The zero-order chi connectivity index (χ0) is 19.1. The van der Waals surface area contributed by atoms with Crippen LogP contribution < -0.4 is 5.32 Å². The van der Waals surface area contributed by atoms with Gasteiger partial charge in [0.15, 0.2) is 0 Å². The fourth-order valence-electron chi connectivity index (χ4n) is 2.28. The summed E-state index contributed by atoms with van der Waals surface area (Å²) in [5.74, 6) is -1.04. The lowest BCUT2D eigenvalue weighted by molar-refractivity contribution is -0.384. The van der Waals surface area contributed by atoms with Gasteiger partial charge in [0.05, 0.1) is 4.92 Å². The number of carbonyl (C=O) groups excluding carboxylic acids is 2. The SMILES string of the molecule is CN(Cc1ccccc1F)C(=O)CCNC(=O)c1ccc([N+](=O)[O-])cc1. The van der Waals surface area contributed by atoms with Gasteiger partial charge < -0.3 is 10.2 Å². The van der Waals surface area contributed by atoms with E-state index in [2.05, 4.69) is 5.32 Å². The van der Waals surface area contributed by atoms with Crippen LogP contribution in [0, 0.1) is 15.9 Å². The van der Waals surface area contributed by atoms with Gasteiger partial charge >= 0.3 is 0 Å². The lowest BCUT2D eigenvalue weighted by Gasteiger charge is -2.17. The predicted octanol–water partition coefficient (Wildman–Crippen LogP) is 2.51. The lowest BCUT2D eigenvalue weighted by Crippen LogP contribution is -2.32. The maximum Gasteiger partial charge on any atom is 0.269 e. The number of nitro groups is 1. The quantitative estimate of drug-likeness (QED) is 0.607. The Bertz CT molecular complexity index is 808. The fraction of sp³-hybridized carbons (Fsp3) is 0.222. The van der Waals surface area contributed by atoms with Gasteiger partial charge in [-0.2, -0.15) is 0 Å². The fourth-order valence-corrected chi connectivity index (χ4v) is 2.28. The van der Waals surface area contributed by atoms with E-state index in [-0.39, 0.29) is 42.5 Å². The molecule has 26 heavy (non-hydrogen) atoms. The molecule has 0 spiro atoms. The van der Waals surface area contributed by atoms with Crippen LogP contribution in [0.4, 0.5) is 10.1 Å². The molecule has 0 heterocycles. The molecule has 0 unspecified atom stereocenters. The minimum Gasteiger partial charge on any atom is -0.352 e. The summed E-state index contributed by atoms with van der Waals surface area (Å²) >= 11 is 0. The van der Waals surface area contributed by atoms with Crippen molar-refractivity contribution in [2.75, 3.05) is 13.6 Å². The molecule has 0 aliphatic rings. The highest BCUT2D eigenvalue weighted by Crippen LogP contribution is 2.12. The molecular weight excluding hydrogens is 341 g/mol. The third-order valence-corrected chi connectivity index (χ3v) is 3.76. The molecule has 0 aliphatic carbocycles. The Morgan fingerprint density at radius 2 is 1.81 bits per heavy atom. The van der Waals surface area contributed by atoms with Crippen molar-refractivity contribution in [3.8, 4) is 0 Å². The number of nitrogens with one attached hydrogen (secondary N) is 1. The van der Waals surface area contributed by atoms with Crippen molar-refractivity contribution >= 4 is 17.5 Å². The van der Waals surface area contributed by atoms with Gasteiger partial charge in [0.25, 0.3) is 11.6 Å². The van der Waals surface area contributed by atoms with Gasteiger partial charge in [-0.25, -0.2) is 4.39 Å². The van der Waals surface area contributed by atoms with Gasteiger partial charge in [0.2, 0.25) is 5.91 Å². The van der Waals surface area contributed by atoms with Crippen molar-refractivity contribution < 1.29 is 18.9 Å². The number of non-ortho nitro benzene ring substituents is 1. The second-order valence-corrected chi connectivity index (χ2v) is 5.65. The van der Waals surface area contributed by atoms with Gasteiger partial charge in [0.1, 0.15) is 5.82 Å². The monoisotopic (exact) mass is 359 g/mol. The first-order valence-electron chi connectivity index (χ1n) is 7.88. The Hall–Kier alpha value is -3.29. The standard InChI is InChI=1S/C18H18FN3O4/c1-21(12-14-4-2-3-5-16(14)19)17(23)10-11-20-18(24)13-6-8-15(9-7-13)22(25)26/h2-9H,10-12H2,1H3,(H,20,24). The van der Waals surface area contributed by atoms with Crippen LogP contribution in [0.1, 0.15) is 22.3 Å². The Kier molecular flexibility index (Phi) is 6.37. The molecule has 0 fully saturated rings. The number of hydrogen-bond donors (Lipinski definition) is 1. The lowest BCUT2D eigenvalue weighted by atomic mass is 10.2. The zero-order valence-corrected chi connectivity index (χ0v) is 14.1. The highest BCUT2D eigenvalue weighted by Gasteiger charge is 2.13. The molecule has 136 valence electrons. The van der Waals surface area contributed by atoms with E-state index in [1.807, 2.05) is 0 Å². The molecule has 0 saturated carbocycles. The Morgan fingerprint density at radius 3 is 2.42 bits per heavy atom. The molecule has 0 saturated heterocycles. The van der Waals surface area contributed by atoms with Crippen molar-refractivity contribution in [2.45, 2.75) is 13.0 Å². The van der Waals surface area contributed by atoms with E-state index in [4.69, 9.17) is 0 Å². The van der Waals surface area contributed by atoms with Crippen LogP contribution in [-0.2, 0) is 11.3 Å². The van der Waals surface area contributed by atoms with Gasteiger partial charge in [-0.15, -0.1) is 0 Å². The second-order valence-electron chi connectivity index (χ2n) is 5.65. The van der Waals surface area contributed by atoms with Gasteiger partial charge in [-0.3, -0.25) is 19.7 Å². The Morgan fingerprint density at radius 1 is 1.15 bits per heavy atom. The molecule has 2 amide bonds. The summed E-state index contributed by atoms with van der Waals surface area (Å²) in [4.78, 5) is 35.5. The topological polar surface area (TPSA) is 92.6 Å². The maximum atomic E-state index is 13.6. The highest BCUT2D eigenvalue weighted by atomic mass is 19.1. The molecule has 0 aliphatic heterocycles. The Labute approximate surface area is 149 Å². The number of nitrogens with zero attached hydrogens (tertiary/aromatic N) is 2. The number of rotatable bonds is 7. The number of nitro benzene ring substituents is 1. The summed E-state index contributed by atoms with van der Waals surface area (Å²) in [6.07, 6.45) is 0.0592. The van der Waals surface area contributed by atoms with Gasteiger partial charge in [-0.05, 0) is 18.2 Å². The summed E-state index contributed by atoms with van der Waals surface area (Å²) in [5.41, 5.74) is 0.576. The molecule has 0 aromatic heterocycles. The van der Waals surface area contributed by atoms with Crippen LogP contribution in [0.15, 0.2) is 48.5 Å². The average molecular weight is 359 g/mol. The third-order valence-electron chi connectivity index (χ3n) is 3.76. The zero-order valence-electron chi connectivity index (χ0n) is 14.1. The van der Waals surface area contributed by atoms with E-state index in [1.54, 1.807) is 25.2 Å². The normalized spacial score (nSPS) is 10.2. The number of hydrogen-bond acceptors (Lipinski definition) is 4. The first-order chi connectivity index (χ1) is 12.4. The van der Waals surface area contributed by atoms with Crippen LogP contribution >= 0.6 is 0 Å². The minimum atomic E-state index is -0.550. The molecule has 2 aromatic rings. The molecule has 1 N–H and O–H groups in total. The second kappa shape index (κ2) is 8.70. The number of benzene rings is 2. The van der Waals surface area contributed by atoms with Crippen LogP contribution in [0.2, 0.25) is 0 Å². The largest absolute Gasteiger partial charge is 0.352 e. The first kappa shape index (κ1) is 19.0. The van der Waals surface area contributed by atoms with Crippen molar-refractivity contribution in [3.63, 3.8) is 0 Å². The van der Waals surface area contributed by atoms with Crippen molar-refractivity contribution in [2.24, 2.45) is 0 Å². The summed E-state index contributed by atoms with van der Waals surface area (Å²) in [6, 6.07) is 11.4. The molecule has 8 heteroatoms. The summed E-state index contributed by atoms with van der Waals surface area (Å²) in [7, 11) is 1.56. The smallest absolute Gasteiger partial charge is 0.269 e. The minimum absolute atomic E-state index is 0.0592. The predicted molar refractivity (Wildman–Crippen MR) is 92.9 cm³/mol. The summed E-state index contributed by atoms with van der Waals surface area (Å²) in [5, 5.41) is 13.2. The molecular formula is C18H18FN3O4. The van der Waals surface area contributed by atoms with E-state index in [1.165, 1.54) is 35.2 Å². The number of amides is 2. The third kappa shape index (κ3) is 5.10. The van der Waals surface area contributed by atoms with E-state index in [0.717, 1.165) is 0 Å². The molecule has 2 rings (SSSR count). The maximum absolute atomic E-state index is 13.6. The number of halogens is 1. The molecule has 0 bridgehead atoms. The van der Waals surface area contributed by atoms with Crippen LogP contribution in [0.3, 0.4) is 0 Å². The van der Waals surface area contributed by atoms with E-state index in [9.17, 15) is 24.1 Å². The molecule has 2 aromatic carbocycles. The van der Waals surface area contributed by atoms with Crippen LogP contribution in [0.5, 0.6) is 0 Å². The van der Waals surface area contributed by atoms with E-state index in [0.29, 0.717) is 5.56 Å². The van der Waals surface area contributed by atoms with Gasteiger partial charge in [0, 0.05) is 49.8 Å².